The summed E-state index contributed by atoms with van der Waals surface area (Å²) >= 11 is 0. The summed E-state index contributed by atoms with van der Waals surface area (Å²) in [5, 5.41) is 4.58. The van der Waals surface area contributed by atoms with Crippen LogP contribution >= 0.6 is 0 Å². The molecule has 0 spiro atoms. The molecule has 4 aromatic rings. The fourth-order valence-corrected chi connectivity index (χ4v) is 3.25. The van der Waals surface area contributed by atoms with E-state index in [-0.39, 0.29) is 0 Å². The van der Waals surface area contributed by atoms with E-state index >= 15 is 0 Å². The van der Waals surface area contributed by atoms with Crippen molar-refractivity contribution in [2.24, 2.45) is 0 Å². The number of para-hydroxylation sites is 1. The minimum Gasteiger partial charge on any atom is -0.273 e. The molecule has 0 aliphatic carbocycles. The van der Waals surface area contributed by atoms with Crippen molar-refractivity contribution in [2.45, 2.75) is 0 Å². The molecule has 0 atom stereocenters. The molecule has 0 bridgehead atoms. The van der Waals surface area contributed by atoms with Crippen LogP contribution in [0.3, 0.4) is 0 Å². The van der Waals surface area contributed by atoms with Gasteiger partial charge in [-0.05, 0) is 18.2 Å². The number of nitrogens with zero attached hydrogens (tertiary/aromatic N) is 6. The Morgan fingerprint density at radius 2 is 1.92 bits per heavy atom. The molecule has 3 aromatic heterocycles. The SMILES string of the molecule is CN(c1ccccc1-c1ccc2cnc(-n3ccnc3)nn12)S(C)(=O)=O. The minimum absolute atomic E-state index is 0.474. The Bertz CT molecular complexity index is 1180. The zero-order valence-electron chi connectivity index (χ0n) is 14.2. The van der Waals surface area contributed by atoms with E-state index in [0.717, 1.165) is 16.8 Å². The maximum absolute atomic E-state index is 12.0. The fourth-order valence-electron chi connectivity index (χ4n) is 2.74. The zero-order valence-corrected chi connectivity index (χ0v) is 15.0. The van der Waals surface area contributed by atoms with E-state index < -0.39 is 10.0 Å². The minimum atomic E-state index is -3.39. The molecule has 0 saturated heterocycles. The van der Waals surface area contributed by atoms with E-state index in [1.165, 1.54) is 17.6 Å². The van der Waals surface area contributed by atoms with Crippen molar-refractivity contribution in [1.29, 1.82) is 0 Å². The van der Waals surface area contributed by atoms with Crippen LogP contribution in [0.5, 0.6) is 0 Å². The molecule has 0 unspecified atom stereocenters. The topological polar surface area (TPSA) is 85.4 Å². The standard InChI is InChI=1S/C17H16N6O2S/c1-21(26(2,24)25)15-6-4-3-5-14(15)16-8-7-13-11-19-17(20-23(13)16)22-10-9-18-12-22/h3-12H,1-2H3. The summed E-state index contributed by atoms with van der Waals surface area (Å²) in [6.45, 7) is 0. The van der Waals surface area contributed by atoms with Crippen molar-refractivity contribution in [2.75, 3.05) is 17.6 Å². The second-order valence-electron chi connectivity index (χ2n) is 5.83. The van der Waals surface area contributed by atoms with Gasteiger partial charge in [-0.15, -0.1) is 5.10 Å². The van der Waals surface area contributed by atoms with Gasteiger partial charge in [0.25, 0.3) is 5.95 Å². The van der Waals surface area contributed by atoms with Gasteiger partial charge in [-0.25, -0.2) is 22.9 Å². The number of anilines is 1. The summed E-state index contributed by atoms with van der Waals surface area (Å²) in [7, 11) is -1.85. The summed E-state index contributed by atoms with van der Waals surface area (Å²) in [6.07, 6.45) is 7.93. The first-order chi connectivity index (χ1) is 12.4. The van der Waals surface area contributed by atoms with Crippen LogP contribution in [-0.2, 0) is 10.0 Å². The van der Waals surface area contributed by atoms with Crippen LogP contribution in [-0.4, -0.2) is 45.9 Å². The number of hydrogen-bond donors (Lipinski definition) is 0. The second-order valence-corrected chi connectivity index (χ2v) is 7.84. The predicted octanol–water partition coefficient (Wildman–Crippen LogP) is 1.98. The molecular weight excluding hydrogens is 352 g/mol. The lowest BCUT2D eigenvalue weighted by Crippen LogP contribution is -2.25. The van der Waals surface area contributed by atoms with Crippen molar-refractivity contribution in [1.82, 2.24) is 24.1 Å². The Balaban J connectivity index is 1.92. The molecule has 0 fully saturated rings. The smallest absolute Gasteiger partial charge is 0.253 e. The summed E-state index contributed by atoms with van der Waals surface area (Å²) < 4.78 is 28.7. The molecule has 3 heterocycles. The molecule has 4 rings (SSSR count). The van der Waals surface area contributed by atoms with E-state index in [0.29, 0.717) is 11.6 Å². The van der Waals surface area contributed by atoms with Gasteiger partial charge in [-0.3, -0.25) is 8.87 Å². The van der Waals surface area contributed by atoms with Crippen molar-refractivity contribution in [3.05, 3.63) is 61.3 Å². The highest BCUT2D eigenvalue weighted by molar-refractivity contribution is 7.92. The summed E-state index contributed by atoms with van der Waals surface area (Å²) in [5.41, 5.74) is 2.92. The van der Waals surface area contributed by atoms with Gasteiger partial charge in [-0.2, -0.15) is 0 Å². The zero-order chi connectivity index (χ0) is 18.3. The third-order valence-corrected chi connectivity index (χ3v) is 5.33. The van der Waals surface area contributed by atoms with Gasteiger partial charge >= 0.3 is 0 Å². The molecule has 26 heavy (non-hydrogen) atoms. The first-order valence-electron chi connectivity index (χ1n) is 7.81. The van der Waals surface area contributed by atoms with Crippen LogP contribution in [0.25, 0.3) is 22.7 Å². The van der Waals surface area contributed by atoms with Crippen LogP contribution in [0.2, 0.25) is 0 Å². The highest BCUT2D eigenvalue weighted by Gasteiger charge is 2.18. The average molecular weight is 368 g/mol. The molecule has 132 valence electrons. The summed E-state index contributed by atoms with van der Waals surface area (Å²) in [4.78, 5) is 8.35. The molecule has 0 aliphatic heterocycles. The number of rotatable bonds is 4. The molecular formula is C17H16N6O2S. The lowest BCUT2D eigenvalue weighted by Gasteiger charge is -2.20. The van der Waals surface area contributed by atoms with E-state index in [2.05, 4.69) is 15.1 Å². The van der Waals surface area contributed by atoms with E-state index in [9.17, 15) is 8.42 Å². The van der Waals surface area contributed by atoms with Crippen LogP contribution in [0, 0.1) is 0 Å². The number of fused-ring (bicyclic) bond motifs is 1. The van der Waals surface area contributed by atoms with Gasteiger partial charge in [0.05, 0.1) is 29.4 Å². The highest BCUT2D eigenvalue weighted by Crippen LogP contribution is 2.32. The number of imidazole rings is 1. The first-order valence-corrected chi connectivity index (χ1v) is 9.66. The fraction of sp³-hybridized carbons (Fsp3) is 0.118. The van der Waals surface area contributed by atoms with E-state index in [1.807, 2.05) is 30.3 Å². The summed E-state index contributed by atoms with van der Waals surface area (Å²) in [6, 6.07) is 11.1. The molecule has 0 amide bonds. The van der Waals surface area contributed by atoms with Crippen LogP contribution in [0.4, 0.5) is 5.69 Å². The highest BCUT2D eigenvalue weighted by atomic mass is 32.2. The summed E-state index contributed by atoms with van der Waals surface area (Å²) in [5.74, 6) is 0.474. The normalized spacial score (nSPS) is 11.8. The Morgan fingerprint density at radius 3 is 2.65 bits per heavy atom. The molecule has 0 N–H and O–H groups in total. The average Bonchev–Trinajstić information content (AvgIpc) is 3.29. The monoisotopic (exact) mass is 368 g/mol. The molecule has 1 aromatic carbocycles. The molecule has 8 nitrogen and oxygen atoms in total. The van der Waals surface area contributed by atoms with Gasteiger partial charge in [0.2, 0.25) is 10.0 Å². The molecule has 0 saturated carbocycles. The van der Waals surface area contributed by atoms with Crippen molar-refractivity contribution in [3.63, 3.8) is 0 Å². The van der Waals surface area contributed by atoms with Crippen molar-refractivity contribution in [3.8, 4) is 17.2 Å². The number of sulfonamides is 1. The van der Waals surface area contributed by atoms with Gasteiger partial charge in [-0.1, -0.05) is 18.2 Å². The lowest BCUT2D eigenvalue weighted by molar-refractivity contribution is 0.600. The van der Waals surface area contributed by atoms with Gasteiger partial charge in [0, 0.05) is 25.0 Å². The second kappa shape index (κ2) is 5.95. The Labute approximate surface area is 150 Å². The maximum atomic E-state index is 12.0. The first kappa shape index (κ1) is 16.3. The van der Waals surface area contributed by atoms with Crippen molar-refractivity contribution >= 4 is 21.2 Å². The maximum Gasteiger partial charge on any atom is 0.253 e. The quantitative estimate of drug-likeness (QED) is 0.550. The predicted molar refractivity (Wildman–Crippen MR) is 98.8 cm³/mol. The van der Waals surface area contributed by atoms with Crippen LogP contribution in [0.15, 0.2) is 61.3 Å². The van der Waals surface area contributed by atoms with Crippen LogP contribution in [0.1, 0.15) is 0 Å². The molecule has 0 aliphatic rings. The Hall–Kier alpha value is -3.20. The van der Waals surface area contributed by atoms with Gasteiger partial charge < -0.3 is 0 Å². The van der Waals surface area contributed by atoms with E-state index in [4.69, 9.17) is 0 Å². The molecule has 9 heteroatoms. The third-order valence-electron chi connectivity index (χ3n) is 4.14. The third kappa shape index (κ3) is 2.72. The van der Waals surface area contributed by atoms with Crippen LogP contribution < -0.4 is 4.31 Å². The van der Waals surface area contributed by atoms with Gasteiger partial charge in [0.1, 0.15) is 6.33 Å². The Kier molecular flexibility index (Phi) is 3.73. The number of aromatic nitrogens is 5. The largest absolute Gasteiger partial charge is 0.273 e. The number of benzene rings is 1. The number of hydrogen-bond acceptors (Lipinski definition) is 5. The lowest BCUT2D eigenvalue weighted by atomic mass is 10.1. The van der Waals surface area contributed by atoms with Gasteiger partial charge in [0.15, 0.2) is 0 Å². The van der Waals surface area contributed by atoms with E-state index in [1.54, 1.807) is 40.1 Å². The Morgan fingerprint density at radius 1 is 1.12 bits per heavy atom. The molecule has 0 radical (unpaired) electrons. The van der Waals surface area contributed by atoms with Crippen molar-refractivity contribution < 1.29 is 8.42 Å².